The van der Waals surface area contributed by atoms with Gasteiger partial charge in [-0.25, -0.2) is 4.98 Å². The molecule has 0 aliphatic carbocycles. The molecule has 0 saturated carbocycles. The van der Waals surface area contributed by atoms with Gasteiger partial charge in [-0.1, -0.05) is 24.3 Å². The van der Waals surface area contributed by atoms with Gasteiger partial charge in [0, 0.05) is 20.3 Å². The first-order chi connectivity index (χ1) is 14.4. The number of methoxy groups -OCH3 is 1. The minimum Gasteiger partial charge on any atom is -0.497 e. The van der Waals surface area contributed by atoms with Crippen molar-refractivity contribution in [3.05, 3.63) is 76.5 Å². The zero-order chi connectivity index (χ0) is 21.4. The first-order valence-corrected chi connectivity index (χ1v) is 9.75. The molecule has 0 fully saturated rings. The van der Waals surface area contributed by atoms with Gasteiger partial charge in [-0.3, -0.25) is 14.2 Å². The van der Waals surface area contributed by atoms with Crippen molar-refractivity contribution in [1.29, 1.82) is 0 Å². The highest BCUT2D eigenvalue weighted by molar-refractivity contribution is 5.92. The fraction of sp³-hybridized carbons (Fsp3) is 0.261. The molecule has 1 aliphatic rings. The Hall–Kier alpha value is -3.61. The maximum Gasteiger partial charge on any atom is 0.262 e. The van der Waals surface area contributed by atoms with Gasteiger partial charge in [0.25, 0.3) is 5.56 Å². The van der Waals surface area contributed by atoms with E-state index >= 15 is 0 Å². The second kappa shape index (κ2) is 7.67. The molecule has 7 heteroatoms. The fourth-order valence-corrected chi connectivity index (χ4v) is 3.71. The number of fused-ring (bicyclic) bond motifs is 2. The van der Waals surface area contributed by atoms with Crippen LogP contribution in [0.5, 0.6) is 5.75 Å². The van der Waals surface area contributed by atoms with Crippen LogP contribution in [0.25, 0.3) is 16.6 Å². The number of para-hydroxylation sites is 1. The van der Waals surface area contributed by atoms with Crippen molar-refractivity contribution in [3.63, 3.8) is 0 Å². The van der Waals surface area contributed by atoms with E-state index in [2.05, 4.69) is 0 Å². The number of benzene rings is 2. The van der Waals surface area contributed by atoms with Gasteiger partial charge in [0.1, 0.15) is 17.5 Å². The SMILES string of the molecule is COc1ccc(CN2C(=O)[C@H](C)n3c(nc4ccccc4c3=O)/C2=C/N(C)C)cc1. The molecule has 4 rings (SSSR count). The number of ether oxygens (including phenoxy) is 1. The molecule has 7 nitrogen and oxygen atoms in total. The molecule has 1 atom stereocenters. The molecule has 1 aliphatic heterocycles. The van der Waals surface area contributed by atoms with Crippen molar-refractivity contribution in [2.24, 2.45) is 0 Å². The number of rotatable bonds is 4. The van der Waals surface area contributed by atoms with Crippen LogP contribution in [0, 0.1) is 0 Å². The van der Waals surface area contributed by atoms with Crippen molar-refractivity contribution in [2.45, 2.75) is 19.5 Å². The molecule has 0 radical (unpaired) electrons. The lowest BCUT2D eigenvalue weighted by atomic mass is 10.1. The smallest absolute Gasteiger partial charge is 0.262 e. The van der Waals surface area contributed by atoms with Gasteiger partial charge in [-0.05, 0) is 36.8 Å². The third-order valence-corrected chi connectivity index (χ3v) is 5.22. The summed E-state index contributed by atoms with van der Waals surface area (Å²) in [5.41, 5.74) is 1.97. The quantitative estimate of drug-likeness (QED) is 0.669. The minimum absolute atomic E-state index is 0.148. The van der Waals surface area contributed by atoms with Crippen LogP contribution >= 0.6 is 0 Å². The van der Waals surface area contributed by atoms with E-state index in [1.165, 1.54) is 4.57 Å². The normalized spacial score (nSPS) is 17.3. The molecule has 1 amide bonds. The second-order valence-electron chi connectivity index (χ2n) is 7.55. The Morgan fingerprint density at radius 3 is 2.47 bits per heavy atom. The highest BCUT2D eigenvalue weighted by atomic mass is 16.5. The molecule has 2 heterocycles. The monoisotopic (exact) mass is 404 g/mol. The molecule has 0 saturated heterocycles. The Balaban J connectivity index is 1.88. The topological polar surface area (TPSA) is 67.7 Å². The van der Waals surface area contributed by atoms with E-state index in [9.17, 15) is 9.59 Å². The average molecular weight is 404 g/mol. The Bertz CT molecular complexity index is 1200. The molecule has 0 N–H and O–H groups in total. The Labute approximate surface area is 174 Å². The summed E-state index contributed by atoms with van der Waals surface area (Å²) in [6.45, 7) is 2.12. The van der Waals surface area contributed by atoms with E-state index in [0.29, 0.717) is 29.0 Å². The predicted molar refractivity (Wildman–Crippen MR) is 116 cm³/mol. The maximum atomic E-state index is 13.4. The summed E-state index contributed by atoms with van der Waals surface area (Å²) >= 11 is 0. The molecular formula is C23H24N4O3. The van der Waals surface area contributed by atoms with Crippen molar-refractivity contribution in [3.8, 4) is 5.75 Å². The summed E-state index contributed by atoms with van der Waals surface area (Å²) in [7, 11) is 5.38. The lowest BCUT2D eigenvalue weighted by Gasteiger charge is -2.35. The summed E-state index contributed by atoms with van der Waals surface area (Å²) in [6.07, 6.45) is 1.83. The number of carbonyl (C=O) groups excluding carboxylic acids is 1. The van der Waals surface area contributed by atoms with E-state index in [0.717, 1.165) is 11.3 Å². The molecule has 154 valence electrons. The van der Waals surface area contributed by atoms with Crippen LogP contribution in [-0.4, -0.2) is 46.5 Å². The molecule has 0 unspecified atom stereocenters. The lowest BCUT2D eigenvalue weighted by molar-refractivity contribution is -0.132. The molecular weight excluding hydrogens is 380 g/mol. The third kappa shape index (κ3) is 3.32. The summed E-state index contributed by atoms with van der Waals surface area (Å²) in [6, 6.07) is 14.2. The van der Waals surface area contributed by atoms with Crippen LogP contribution in [0.1, 0.15) is 24.4 Å². The van der Waals surface area contributed by atoms with Crippen molar-refractivity contribution >= 4 is 22.5 Å². The highest BCUT2D eigenvalue weighted by Gasteiger charge is 2.36. The van der Waals surface area contributed by atoms with Crippen LogP contribution in [0.3, 0.4) is 0 Å². The first kappa shape index (κ1) is 19.7. The van der Waals surface area contributed by atoms with Crippen LogP contribution in [-0.2, 0) is 11.3 Å². The zero-order valence-electron chi connectivity index (χ0n) is 17.5. The standard InChI is InChI=1S/C23H24N4O3/c1-15-22(28)26(13-16-9-11-17(30-4)12-10-16)20(14-25(2)3)21-24-19-8-6-5-7-18(19)23(29)27(15)21/h5-12,14-15H,13H2,1-4H3/b20-14-/t15-/m0/s1. The molecule has 0 bridgehead atoms. The van der Waals surface area contributed by atoms with Gasteiger partial charge < -0.3 is 14.5 Å². The summed E-state index contributed by atoms with van der Waals surface area (Å²) < 4.78 is 6.73. The Morgan fingerprint density at radius 1 is 1.10 bits per heavy atom. The zero-order valence-corrected chi connectivity index (χ0v) is 17.5. The van der Waals surface area contributed by atoms with E-state index in [1.807, 2.05) is 61.6 Å². The second-order valence-corrected chi connectivity index (χ2v) is 7.55. The lowest BCUT2D eigenvalue weighted by Crippen LogP contribution is -2.45. The minimum atomic E-state index is -0.651. The van der Waals surface area contributed by atoms with E-state index in [1.54, 1.807) is 31.1 Å². The van der Waals surface area contributed by atoms with Crippen LogP contribution in [0.4, 0.5) is 0 Å². The average Bonchev–Trinajstić information content (AvgIpc) is 2.74. The van der Waals surface area contributed by atoms with Gasteiger partial charge in [-0.2, -0.15) is 0 Å². The predicted octanol–water partition coefficient (Wildman–Crippen LogP) is 2.87. The first-order valence-electron chi connectivity index (χ1n) is 9.75. The number of aromatic nitrogens is 2. The number of amides is 1. The number of carbonyl (C=O) groups is 1. The van der Waals surface area contributed by atoms with Crippen molar-refractivity contribution in [1.82, 2.24) is 19.4 Å². The van der Waals surface area contributed by atoms with Gasteiger partial charge in [0.05, 0.1) is 24.6 Å². The van der Waals surface area contributed by atoms with Crippen LogP contribution in [0.15, 0.2) is 59.5 Å². The Kier molecular flexibility index (Phi) is 5.03. The summed E-state index contributed by atoms with van der Waals surface area (Å²) in [5, 5.41) is 0.508. The third-order valence-electron chi connectivity index (χ3n) is 5.22. The Morgan fingerprint density at radius 2 is 1.80 bits per heavy atom. The molecule has 0 spiro atoms. The highest BCUT2D eigenvalue weighted by Crippen LogP contribution is 2.31. The molecule has 3 aromatic rings. The van der Waals surface area contributed by atoms with E-state index in [-0.39, 0.29) is 11.5 Å². The van der Waals surface area contributed by atoms with Crippen LogP contribution < -0.4 is 10.3 Å². The van der Waals surface area contributed by atoms with Gasteiger partial charge >= 0.3 is 0 Å². The fourth-order valence-electron chi connectivity index (χ4n) is 3.71. The van der Waals surface area contributed by atoms with Crippen molar-refractivity contribution < 1.29 is 9.53 Å². The number of hydrogen-bond acceptors (Lipinski definition) is 5. The number of nitrogens with zero attached hydrogens (tertiary/aromatic N) is 4. The van der Waals surface area contributed by atoms with Crippen LogP contribution in [0.2, 0.25) is 0 Å². The van der Waals surface area contributed by atoms with E-state index in [4.69, 9.17) is 9.72 Å². The summed E-state index contributed by atoms with van der Waals surface area (Å²) in [4.78, 5) is 34.9. The maximum absolute atomic E-state index is 13.4. The largest absolute Gasteiger partial charge is 0.497 e. The summed E-state index contributed by atoms with van der Waals surface area (Å²) in [5.74, 6) is 1.10. The van der Waals surface area contributed by atoms with Crippen molar-refractivity contribution in [2.75, 3.05) is 21.2 Å². The van der Waals surface area contributed by atoms with Gasteiger partial charge in [0.15, 0.2) is 5.82 Å². The number of hydrogen-bond donors (Lipinski definition) is 0. The van der Waals surface area contributed by atoms with Gasteiger partial charge in [-0.15, -0.1) is 0 Å². The molecule has 2 aromatic carbocycles. The molecule has 30 heavy (non-hydrogen) atoms. The van der Waals surface area contributed by atoms with Gasteiger partial charge in [0.2, 0.25) is 5.91 Å². The molecule has 1 aromatic heterocycles. The van der Waals surface area contributed by atoms with E-state index < -0.39 is 6.04 Å².